The molecule has 26 heavy (non-hydrogen) atoms. The Morgan fingerprint density at radius 3 is 2.35 bits per heavy atom. The van der Waals surface area contributed by atoms with E-state index < -0.39 is 23.0 Å². The third-order valence-electron chi connectivity index (χ3n) is 3.82. The first-order valence-corrected chi connectivity index (χ1v) is 8.24. The molecule has 0 bridgehead atoms. The maximum absolute atomic E-state index is 14.7. The maximum atomic E-state index is 14.7. The third kappa shape index (κ3) is 4.41. The first kappa shape index (κ1) is 19.9. The summed E-state index contributed by atoms with van der Waals surface area (Å²) in [6.45, 7) is 11.7. The second-order valence-corrected chi connectivity index (χ2v) is 6.85. The Bertz CT molecular complexity index is 870. The van der Waals surface area contributed by atoms with Crippen LogP contribution >= 0.6 is 11.6 Å². The fourth-order valence-corrected chi connectivity index (χ4v) is 2.40. The highest BCUT2D eigenvalue weighted by atomic mass is 35.5. The summed E-state index contributed by atoms with van der Waals surface area (Å²) >= 11 is 6.15. The van der Waals surface area contributed by atoms with Gasteiger partial charge in [0.15, 0.2) is 5.82 Å². The van der Waals surface area contributed by atoms with Gasteiger partial charge in [-0.1, -0.05) is 36.4 Å². The number of anilines is 2. The molecule has 0 aliphatic heterocycles. The topological polar surface area (TPSA) is 24.1 Å². The quantitative estimate of drug-likeness (QED) is 0.583. The molecule has 0 saturated carbocycles. The van der Waals surface area contributed by atoms with Gasteiger partial charge in [-0.25, -0.2) is 13.2 Å². The summed E-state index contributed by atoms with van der Waals surface area (Å²) < 4.78 is 42.6. The Morgan fingerprint density at radius 1 is 1.08 bits per heavy atom. The van der Waals surface area contributed by atoms with Crippen molar-refractivity contribution in [2.75, 3.05) is 10.6 Å². The van der Waals surface area contributed by atoms with Gasteiger partial charge in [-0.3, -0.25) is 0 Å². The molecule has 2 nitrogen and oxygen atoms in total. The van der Waals surface area contributed by atoms with Crippen molar-refractivity contribution in [3.05, 3.63) is 77.0 Å². The smallest absolute Gasteiger partial charge is 0.173 e. The number of allylic oxidation sites excluding steroid dienone is 1. The van der Waals surface area contributed by atoms with Crippen LogP contribution in [0.15, 0.2) is 49.2 Å². The van der Waals surface area contributed by atoms with E-state index in [-0.39, 0.29) is 11.4 Å². The van der Waals surface area contributed by atoms with Gasteiger partial charge in [0, 0.05) is 22.0 Å². The number of halogens is 4. The Morgan fingerprint density at radius 2 is 1.73 bits per heavy atom. The molecule has 0 aromatic heterocycles. The van der Waals surface area contributed by atoms with Gasteiger partial charge in [0.2, 0.25) is 0 Å². The van der Waals surface area contributed by atoms with Crippen LogP contribution in [0.25, 0.3) is 5.70 Å². The molecule has 0 fully saturated rings. The standard InChI is InChI=1S/C20H20ClF3N2/c1-11-6-7-15(21)14(10-11)12(2)25-17-9-8-16(22)19(18(17)23)26-13(3)20(4,5)24/h6-10,25-26H,2-3H2,1,4-5H3. The molecule has 0 aliphatic carbocycles. The van der Waals surface area contributed by atoms with Gasteiger partial charge in [-0.15, -0.1) is 0 Å². The van der Waals surface area contributed by atoms with Crippen molar-refractivity contribution in [3.8, 4) is 0 Å². The van der Waals surface area contributed by atoms with Crippen molar-refractivity contribution >= 4 is 28.7 Å². The first-order valence-electron chi connectivity index (χ1n) is 7.86. The van der Waals surface area contributed by atoms with E-state index in [4.69, 9.17) is 11.6 Å². The summed E-state index contributed by atoms with van der Waals surface area (Å²) in [4.78, 5) is 0. The zero-order valence-electron chi connectivity index (χ0n) is 14.8. The van der Waals surface area contributed by atoms with E-state index in [1.807, 2.05) is 13.0 Å². The molecule has 0 unspecified atom stereocenters. The van der Waals surface area contributed by atoms with E-state index in [1.165, 1.54) is 19.9 Å². The molecule has 2 rings (SSSR count). The second-order valence-electron chi connectivity index (χ2n) is 6.45. The van der Waals surface area contributed by atoms with E-state index in [9.17, 15) is 13.2 Å². The highest BCUT2D eigenvalue weighted by Gasteiger charge is 2.23. The van der Waals surface area contributed by atoms with Gasteiger partial charge in [-0.2, -0.15) is 0 Å². The van der Waals surface area contributed by atoms with Crippen LogP contribution in [-0.4, -0.2) is 5.67 Å². The molecular formula is C20H20ClF3N2. The minimum Gasteiger partial charge on any atom is -0.353 e. The molecular weight excluding hydrogens is 361 g/mol. The zero-order chi connectivity index (χ0) is 19.6. The molecule has 138 valence electrons. The summed E-state index contributed by atoms with van der Waals surface area (Å²) in [6.07, 6.45) is 0. The van der Waals surface area contributed by atoms with Crippen molar-refractivity contribution in [1.82, 2.24) is 0 Å². The number of hydrogen-bond acceptors (Lipinski definition) is 2. The van der Waals surface area contributed by atoms with Crippen LogP contribution in [0.1, 0.15) is 25.0 Å². The van der Waals surface area contributed by atoms with Crippen LogP contribution in [0.3, 0.4) is 0 Å². The van der Waals surface area contributed by atoms with E-state index in [0.717, 1.165) is 11.6 Å². The molecule has 0 spiro atoms. The van der Waals surface area contributed by atoms with Crippen molar-refractivity contribution in [2.24, 2.45) is 0 Å². The van der Waals surface area contributed by atoms with Gasteiger partial charge in [-0.05, 0) is 45.0 Å². The molecule has 2 aromatic rings. The number of aryl methyl sites for hydroxylation is 1. The fraction of sp³-hybridized carbons (Fsp3) is 0.200. The number of hydrogen-bond donors (Lipinski definition) is 2. The fourth-order valence-electron chi connectivity index (χ4n) is 2.16. The minimum atomic E-state index is -1.85. The summed E-state index contributed by atoms with van der Waals surface area (Å²) in [5.74, 6) is -1.78. The number of benzene rings is 2. The Hall–Kier alpha value is -2.40. The molecule has 2 N–H and O–H groups in total. The molecule has 0 aliphatic rings. The minimum absolute atomic E-state index is 0.0269. The van der Waals surface area contributed by atoms with Gasteiger partial charge in [0.1, 0.15) is 17.2 Å². The monoisotopic (exact) mass is 380 g/mol. The van der Waals surface area contributed by atoms with E-state index in [1.54, 1.807) is 12.1 Å². The predicted octanol–water partition coefficient (Wildman–Crippen LogP) is 6.68. The van der Waals surface area contributed by atoms with Crippen LogP contribution in [-0.2, 0) is 0 Å². The van der Waals surface area contributed by atoms with Crippen LogP contribution in [0.4, 0.5) is 24.5 Å². The SMILES string of the molecule is C=C(Nc1ccc(F)c(NC(=C)C(C)(C)F)c1F)c1cc(C)ccc1Cl. The average molecular weight is 381 g/mol. The zero-order valence-corrected chi connectivity index (χ0v) is 15.6. The highest BCUT2D eigenvalue weighted by molar-refractivity contribution is 6.32. The number of alkyl halides is 1. The Balaban J connectivity index is 2.34. The van der Waals surface area contributed by atoms with Crippen molar-refractivity contribution in [3.63, 3.8) is 0 Å². The molecule has 0 saturated heterocycles. The van der Waals surface area contributed by atoms with E-state index in [2.05, 4.69) is 23.8 Å². The van der Waals surface area contributed by atoms with Crippen LogP contribution in [0.5, 0.6) is 0 Å². The lowest BCUT2D eigenvalue weighted by molar-refractivity contribution is 0.270. The van der Waals surface area contributed by atoms with E-state index in [0.29, 0.717) is 16.3 Å². The van der Waals surface area contributed by atoms with Gasteiger partial charge >= 0.3 is 0 Å². The Labute approximate surface area is 156 Å². The average Bonchev–Trinajstić information content (AvgIpc) is 2.55. The van der Waals surface area contributed by atoms with Gasteiger partial charge < -0.3 is 10.6 Å². The third-order valence-corrected chi connectivity index (χ3v) is 4.15. The van der Waals surface area contributed by atoms with Crippen LogP contribution in [0, 0.1) is 18.6 Å². The predicted molar refractivity (Wildman–Crippen MR) is 103 cm³/mol. The normalized spacial score (nSPS) is 11.2. The van der Waals surface area contributed by atoms with Gasteiger partial charge in [0.25, 0.3) is 0 Å². The lowest BCUT2D eigenvalue weighted by Gasteiger charge is -2.21. The molecule has 0 atom stereocenters. The summed E-state index contributed by atoms with van der Waals surface area (Å²) in [5.41, 5.74) is -0.626. The summed E-state index contributed by atoms with van der Waals surface area (Å²) in [6, 6.07) is 7.64. The lowest BCUT2D eigenvalue weighted by Crippen LogP contribution is -2.22. The molecule has 6 heteroatoms. The van der Waals surface area contributed by atoms with Crippen molar-refractivity contribution in [2.45, 2.75) is 26.4 Å². The molecule has 0 radical (unpaired) electrons. The first-order chi connectivity index (χ1) is 12.0. The van der Waals surface area contributed by atoms with Gasteiger partial charge in [0.05, 0.1) is 5.69 Å². The molecule has 2 aromatic carbocycles. The second kappa shape index (κ2) is 7.46. The number of nitrogens with one attached hydrogen (secondary N) is 2. The molecule has 0 amide bonds. The van der Waals surface area contributed by atoms with Crippen molar-refractivity contribution in [1.29, 1.82) is 0 Å². The largest absolute Gasteiger partial charge is 0.353 e. The Kier molecular flexibility index (Phi) is 5.71. The number of rotatable bonds is 6. The molecule has 0 heterocycles. The lowest BCUT2D eigenvalue weighted by atomic mass is 10.1. The summed E-state index contributed by atoms with van der Waals surface area (Å²) in [5, 5.41) is 5.61. The maximum Gasteiger partial charge on any atom is 0.173 e. The summed E-state index contributed by atoms with van der Waals surface area (Å²) in [7, 11) is 0. The van der Waals surface area contributed by atoms with E-state index >= 15 is 0 Å². The van der Waals surface area contributed by atoms with Crippen molar-refractivity contribution < 1.29 is 13.2 Å². The highest BCUT2D eigenvalue weighted by Crippen LogP contribution is 2.32. The van der Waals surface area contributed by atoms with Crippen LogP contribution < -0.4 is 10.6 Å². The van der Waals surface area contributed by atoms with Crippen LogP contribution in [0.2, 0.25) is 5.02 Å².